The topological polar surface area (TPSA) is 69.2 Å². The fourth-order valence-corrected chi connectivity index (χ4v) is 2.33. The summed E-state index contributed by atoms with van der Waals surface area (Å²) < 4.78 is 33.0. The molecule has 0 amide bonds. The van der Waals surface area contributed by atoms with Crippen LogP contribution in [0.2, 0.25) is 0 Å². The predicted octanol–water partition coefficient (Wildman–Crippen LogP) is -1.59. The minimum absolute atomic E-state index is 0. The Morgan fingerprint density at radius 2 is 2.11 bits per heavy atom. The Kier molecular flexibility index (Phi) is 7.93. The number of alkyl halides is 1. The number of thiocarbonyl (C=S) groups is 1. The molecule has 0 aliphatic heterocycles. The molecule has 1 N–H and O–H groups in total. The third kappa shape index (κ3) is 5.13. The van der Waals surface area contributed by atoms with Crippen LogP contribution in [0.15, 0.2) is 23.1 Å². The Bertz CT molecular complexity index is 534. The van der Waals surface area contributed by atoms with Crippen molar-refractivity contribution in [3.05, 3.63) is 29.3 Å². The fourth-order valence-electron chi connectivity index (χ4n) is 1.27. The summed E-state index contributed by atoms with van der Waals surface area (Å²) in [4.78, 5) is 0.126. The molecule has 0 heterocycles. The van der Waals surface area contributed by atoms with E-state index in [1.165, 1.54) is 6.07 Å². The first-order valence-corrected chi connectivity index (χ1v) is 7.12. The van der Waals surface area contributed by atoms with Gasteiger partial charge in [-0.25, -0.2) is 8.42 Å². The average molecular weight is 316 g/mol. The van der Waals surface area contributed by atoms with Crippen molar-refractivity contribution < 1.29 is 42.5 Å². The van der Waals surface area contributed by atoms with Crippen molar-refractivity contribution in [3.8, 4) is 0 Å². The molecular formula is C10H11ClNNaO3S2. The van der Waals surface area contributed by atoms with E-state index in [1.54, 1.807) is 19.1 Å². The van der Waals surface area contributed by atoms with E-state index in [0.717, 1.165) is 0 Å². The Morgan fingerprint density at radius 3 is 2.61 bits per heavy atom. The minimum Gasteiger partial charge on any atom is -0.744 e. The fraction of sp³-hybridized carbons (Fsp3) is 0.300. The van der Waals surface area contributed by atoms with Crippen LogP contribution in [0.1, 0.15) is 11.1 Å². The van der Waals surface area contributed by atoms with Crippen LogP contribution in [0, 0.1) is 6.92 Å². The number of nitrogens with one attached hydrogen (secondary N) is 1. The van der Waals surface area contributed by atoms with Crippen molar-refractivity contribution in [3.63, 3.8) is 0 Å². The first-order valence-electron chi connectivity index (χ1n) is 4.77. The summed E-state index contributed by atoms with van der Waals surface area (Å²) in [5, 5.41) is 2.85. The monoisotopic (exact) mass is 315 g/mol. The molecule has 0 radical (unpaired) electrons. The first-order chi connectivity index (χ1) is 7.86. The summed E-state index contributed by atoms with van der Waals surface area (Å²) in [5.41, 5.74) is 0.897. The molecule has 1 aromatic rings. The second-order valence-corrected chi connectivity index (χ2v) is 5.51. The summed E-state index contributed by atoms with van der Waals surface area (Å²) in [6, 6.07) is 4.49. The second kappa shape index (κ2) is 7.79. The molecule has 0 unspecified atom stereocenters. The van der Waals surface area contributed by atoms with Crippen molar-refractivity contribution in [1.29, 1.82) is 0 Å². The maximum Gasteiger partial charge on any atom is 1.00 e. The number of benzene rings is 1. The van der Waals surface area contributed by atoms with Gasteiger partial charge in [-0.15, -0.1) is 11.6 Å². The molecule has 0 atom stereocenters. The Balaban J connectivity index is 0.00000289. The van der Waals surface area contributed by atoms with Gasteiger partial charge in [-0.1, -0.05) is 24.4 Å². The van der Waals surface area contributed by atoms with Crippen molar-refractivity contribution >= 4 is 38.9 Å². The molecule has 18 heavy (non-hydrogen) atoms. The predicted molar refractivity (Wildman–Crippen MR) is 69.6 cm³/mol. The van der Waals surface area contributed by atoms with Gasteiger partial charge in [0.1, 0.15) is 15.1 Å². The van der Waals surface area contributed by atoms with Gasteiger partial charge in [-0.2, -0.15) is 0 Å². The number of aryl methyl sites for hydroxylation is 1. The van der Waals surface area contributed by atoms with E-state index in [-0.39, 0.29) is 34.5 Å². The molecule has 0 spiro atoms. The molecule has 94 valence electrons. The van der Waals surface area contributed by atoms with Crippen LogP contribution in [0.25, 0.3) is 0 Å². The molecule has 0 aliphatic carbocycles. The summed E-state index contributed by atoms with van der Waals surface area (Å²) >= 11 is 10.5. The maximum atomic E-state index is 11.0. The van der Waals surface area contributed by atoms with E-state index in [0.29, 0.717) is 28.5 Å². The number of hydrogen-bond acceptors (Lipinski definition) is 4. The Hall–Kier alpha value is 0.310. The third-order valence-electron chi connectivity index (χ3n) is 2.10. The van der Waals surface area contributed by atoms with E-state index in [1.807, 2.05) is 0 Å². The van der Waals surface area contributed by atoms with Crippen LogP contribution in [0.3, 0.4) is 0 Å². The third-order valence-corrected chi connectivity index (χ3v) is 3.65. The van der Waals surface area contributed by atoms with Crippen molar-refractivity contribution in [2.45, 2.75) is 11.8 Å². The summed E-state index contributed by atoms with van der Waals surface area (Å²) in [6.07, 6.45) is 0. The van der Waals surface area contributed by atoms with Crippen LogP contribution in [-0.4, -0.2) is 30.4 Å². The molecule has 4 nitrogen and oxygen atoms in total. The van der Waals surface area contributed by atoms with E-state index in [2.05, 4.69) is 5.32 Å². The maximum absolute atomic E-state index is 11.0. The molecule has 1 aromatic carbocycles. The zero-order valence-electron chi connectivity index (χ0n) is 10.1. The van der Waals surface area contributed by atoms with Crippen LogP contribution in [0.4, 0.5) is 0 Å². The van der Waals surface area contributed by atoms with Gasteiger partial charge < -0.3 is 9.87 Å². The van der Waals surface area contributed by atoms with E-state index < -0.39 is 10.1 Å². The van der Waals surface area contributed by atoms with E-state index in [9.17, 15) is 13.0 Å². The molecule has 1 rings (SSSR count). The van der Waals surface area contributed by atoms with Gasteiger partial charge in [0.05, 0.1) is 4.90 Å². The molecular weight excluding hydrogens is 305 g/mol. The van der Waals surface area contributed by atoms with Gasteiger partial charge in [0.2, 0.25) is 0 Å². The van der Waals surface area contributed by atoms with Crippen molar-refractivity contribution in [2.24, 2.45) is 0 Å². The molecule has 0 fully saturated rings. The van der Waals surface area contributed by atoms with Gasteiger partial charge in [-0.05, 0) is 18.6 Å². The quantitative estimate of drug-likeness (QED) is 0.314. The molecule has 0 aliphatic rings. The van der Waals surface area contributed by atoms with Gasteiger partial charge >= 0.3 is 29.6 Å². The Morgan fingerprint density at radius 1 is 1.50 bits per heavy atom. The standard InChI is InChI=1S/C10H12ClNO3S2.Na/c1-7-2-3-8(10(16)12-5-4-11)6-9(7)17(13,14)15;/h2-3,6H,4-5H2,1H3,(H,12,16)(H,13,14,15);/q;+1/p-1. The van der Waals surface area contributed by atoms with Crippen LogP contribution >= 0.6 is 23.8 Å². The second-order valence-electron chi connectivity index (χ2n) is 3.38. The summed E-state index contributed by atoms with van der Waals surface area (Å²) in [7, 11) is -4.47. The van der Waals surface area contributed by atoms with Crippen LogP contribution in [0.5, 0.6) is 0 Å². The summed E-state index contributed by atoms with van der Waals surface area (Å²) in [6.45, 7) is 2.04. The zero-order valence-corrected chi connectivity index (χ0v) is 14.5. The van der Waals surface area contributed by atoms with Gasteiger partial charge in [0.25, 0.3) is 0 Å². The van der Waals surface area contributed by atoms with Gasteiger partial charge in [0, 0.05) is 18.0 Å². The van der Waals surface area contributed by atoms with Gasteiger partial charge in [0.15, 0.2) is 0 Å². The van der Waals surface area contributed by atoms with E-state index in [4.69, 9.17) is 23.8 Å². The average Bonchev–Trinajstić information content (AvgIpc) is 2.25. The number of rotatable bonds is 4. The minimum atomic E-state index is -4.47. The summed E-state index contributed by atoms with van der Waals surface area (Å²) in [5.74, 6) is 0.388. The SMILES string of the molecule is Cc1ccc(C(=S)NCCCl)cc1S(=O)(=O)[O-].[Na+]. The largest absolute Gasteiger partial charge is 1.00 e. The smallest absolute Gasteiger partial charge is 0.744 e. The molecule has 0 aromatic heterocycles. The Labute approximate surface area is 139 Å². The van der Waals surface area contributed by atoms with Crippen LogP contribution < -0.4 is 34.9 Å². The zero-order chi connectivity index (χ0) is 13.1. The van der Waals surface area contributed by atoms with Crippen LogP contribution in [-0.2, 0) is 10.1 Å². The van der Waals surface area contributed by atoms with E-state index >= 15 is 0 Å². The molecule has 8 heteroatoms. The molecule has 0 bridgehead atoms. The van der Waals surface area contributed by atoms with Gasteiger partial charge in [-0.3, -0.25) is 0 Å². The first kappa shape index (κ1) is 18.3. The van der Waals surface area contributed by atoms with Crippen molar-refractivity contribution in [1.82, 2.24) is 5.32 Å². The normalized spacial score (nSPS) is 10.6. The number of hydrogen-bond donors (Lipinski definition) is 1. The number of halogens is 1. The van der Waals surface area contributed by atoms with Crippen molar-refractivity contribution in [2.75, 3.05) is 12.4 Å². The molecule has 0 saturated heterocycles. The molecule has 0 saturated carbocycles.